The van der Waals surface area contributed by atoms with Gasteiger partial charge in [-0.3, -0.25) is 9.09 Å². The fourth-order valence-electron chi connectivity index (χ4n) is 2.62. The second-order valence-corrected chi connectivity index (χ2v) is 14.7. The van der Waals surface area contributed by atoms with Gasteiger partial charge in [-0.05, 0) is 0 Å². The van der Waals surface area contributed by atoms with E-state index in [1.54, 1.807) is 0 Å². The number of nitrogen functional groups attached to an aromatic ring is 1. The molecule has 0 aromatic carbocycles. The van der Waals surface area contributed by atoms with Crippen LogP contribution in [-0.4, -0.2) is 74.2 Å². The Morgan fingerprint density at radius 3 is 2.45 bits per heavy atom. The van der Waals surface area contributed by atoms with Crippen LogP contribution in [0.2, 0.25) is 0 Å². The third-order valence-corrected chi connectivity index (χ3v) is 12.0. The molecule has 0 aliphatic carbocycles. The standard InChI is InChI=1S/C10H16N5O12P3S/c11-8-5-9(13-2-12-8)15(3-14-5)10-7(17)6(16)4(26-10)1-25-29(21,22)27-30(23,24)31-28(18,19)20/h2-4,6-7,10,16-17H,1H2,(H,21,22)(H,23,24)(H2,11,12,13)(H2,18,19,20)/t4-,6-,7-,10-/m1/s1. The van der Waals surface area contributed by atoms with Crippen LogP contribution in [0.25, 0.3) is 11.2 Å². The van der Waals surface area contributed by atoms with Gasteiger partial charge in [0, 0.05) is 0 Å². The molecule has 2 aromatic rings. The summed E-state index contributed by atoms with van der Waals surface area (Å²) < 4.78 is 49.2. The second kappa shape index (κ2) is 8.76. The van der Waals surface area contributed by atoms with E-state index >= 15 is 0 Å². The van der Waals surface area contributed by atoms with Crippen LogP contribution in [0.5, 0.6) is 0 Å². The van der Waals surface area contributed by atoms with Crippen molar-refractivity contribution in [2.24, 2.45) is 0 Å². The van der Waals surface area contributed by atoms with Crippen molar-refractivity contribution in [3.8, 4) is 0 Å². The largest absolute Gasteiger partial charge is 0.480 e. The van der Waals surface area contributed by atoms with Gasteiger partial charge >= 0.3 is 21.4 Å². The first-order chi connectivity index (χ1) is 14.2. The molecular weight excluding hydrogens is 507 g/mol. The minimum atomic E-state index is -5.33. The molecule has 8 N–H and O–H groups in total. The molecule has 1 saturated heterocycles. The lowest BCUT2D eigenvalue weighted by atomic mass is 10.1. The van der Waals surface area contributed by atoms with E-state index in [1.807, 2.05) is 0 Å². The van der Waals surface area contributed by atoms with Gasteiger partial charge in [0.1, 0.15) is 30.2 Å². The molecule has 3 heterocycles. The summed E-state index contributed by atoms with van der Waals surface area (Å²) >= 11 is -0.864. The van der Waals surface area contributed by atoms with Crippen molar-refractivity contribution in [1.82, 2.24) is 19.5 Å². The molecule has 0 bridgehead atoms. The van der Waals surface area contributed by atoms with Crippen LogP contribution in [0.1, 0.15) is 6.23 Å². The van der Waals surface area contributed by atoms with Gasteiger partial charge in [0.15, 0.2) is 17.7 Å². The Kier molecular flexibility index (Phi) is 6.97. The summed E-state index contributed by atoms with van der Waals surface area (Å²) in [6, 6.07) is 0. The average molecular weight is 523 g/mol. The molecule has 0 amide bonds. The Morgan fingerprint density at radius 2 is 1.81 bits per heavy atom. The molecule has 174 valence electrons. The number of hydrogen-bond acceptors (Lipinski definition) is 13. The molecule has 2 aromatic heterocycles. The maximum atomic E-state index is 11.8. The Labute approximate surface area is 176 Å². The number of hydrogen-bond donors (Lipinski definition) is 7. The van der Waals surface area contributed by atoms with E-state index in [9.17, 15) is 33.7 Å². The van der Waals surface area contributed by atoms with E-state index < -0.39 is 63.6 Å². The molecule has 2 unspecified atom stereocenters. The smallest absolute Gasteiger partial charge is 0.387 e. The summed E-state index contributed by atoms with van der Waals surface area (Å²) in [4.78, 5) is 47.9. The topological polar surface area (TPSA) is 270 Å². The number of nitrogens with two attached hydrogens (primary N) is 1. The number of phosphoric acid groups is 1. The summed E-state index contributed by atoms with van der Waals surface area (Å²) in [5.41, 5.74) is 6.04. The summed E-state index contributed by atoms with van der Waals surface area (Å²) in [5.74, 6) is 0.0524. The van der Waals surface area contributed by atoms with E-state index in [2.05, 4.69) is 23.8 Å². The highest BCUT2D eigenvalue weighted by atomic mass is 33.1. The zero-order valence-electron chi connectivity index (χ0n) is 14.9. The molecule has 6 atom stereocenters. The van der Waals surface area contributed by atoms with Crippen LogP contribution < -0.4 is 5.73 Å². The van der Waals surface area contributed by atoms with Crippen LogP contribution >= 0.6 is 32.4 Å². The first kappa shape index (κ1) is 24.7. The number of imidazole rings is 1. The van der Waals surface area contributed by atoms with Crippen LogP contribution in [0, 0.1) is 0 Å². The Balaban J connectivity index is 1.69. The SMILES string of the molecule is Nc1ncnc2c1ncn2[C@@H]1O[C@H](COP(=O)(O)OP(=O)(O)SP(=O)(O)O)[C@@H](O)[C@H]1O. The Bertz CT molecular complexity index is 1110. The van der Waals surface area contributed by atoms with Gasteiger partial charge in [-0.15, -0.1) is 0 Å². The van der Waals surface area contributed by atoms with Gasteiger partial charge in [-0.1, -0.05) is 0 Å². The fraction of sp³-hybridized carbons (Fsp3) is 0.500. The molecule has 0 saturated carbocycles. The number of ether oxygens (including phenoxy) is 1. The quantitative estimate of drug-likeness (QED) is 0.206. The van der Waals surface area contributed by atoms with Crippen molar-refractivity contribution >= 4 is 49.4 Å². The maximum Gasteiger partial charge on any atom is 0.480 e. The minimum Gasteiger partial charge on any atom is -0.387 e. The molecule has 17 nitrogen and oxygen atoms in total. The van der Waals surface area contributed by atoms with Crippen molar-refractivity contribution in [2.45, 2.75) is 24.5 Å². The maximum absolute atomic E-state index is 11.8. The summed E-state index contributed by atoms with van der Waals surface area (Å²) in [6.45, 7) is -11.3. The Hall–Kier alpha value is -0.970. The molecule has 21 heteroatoms. The fourth-order valence-corrected chi connectivity index (χ4v) is 9.64. The predicted molar refractivity (Wildman–Crippen MR) is 102 cm³/mol. The van der Waals surface area contributed by atoms with Gasteiger partial charge in [-0.2, -0.15) is 4.31 Å². The van der Waals surface area contributed by atoms with E-state index in [1.165, 1.54) is 10.9 Å². The number of rotatable bonds is 8. The van der Waals surface area contributed by atoms with Gasteiger partial charge in [-0.25, -0.2) is 28.6 Å². The number of phosphoric ester groups is 1. The van der Waals surface area contributed by atoms with Crippen LogP contribution in [0.3, 0.4) is 0 Å². The highest BCUT2D eigenvalue weighted by molar-refractivity contribution is 8.84. The lowest BCUT2D eigenvalue weighted by Crippen LogP contribution is -2.33. The molecular formula is C10H16N5O12P3S. The van der Waals surface area contributed by atoms with E-state index in [4.69, 9.17) is 20.3 Å². The first-order valence-corrected chi connectivity index (χ1v) is 14.6. The molecule has 0 radical (unpaired) electrons. The average Bonchev–Trinajstić information content (AvgIpc) is 3.13. The number of aromatic nitrogens is 4. The van der Waals surface area contributed by atoms with Gasteiger partial charge in [0.25, 0.3) is 0 Å². The molecule has 3 rings (SSSR count). The van der Waals surface area contributed by atoms with Crippen molar-refractivity contribution in [3.63, 3.8) is 0 Å². The third-order valence-electron chi connectivity index (χ3n) is 3.82. The van der Waals surface area contributed by atoms with E-state index in [0.29, 0.717) is 0 Å². The summed E-state index contributed by atoms with van der Waals surface area (Å²) in [7, 11) is -5.33. The van der Waals surface area contributed by atoms with Crippen LogP contribution in [0.15, 0.2) is 12.7 Å². The lowest BCUT2D eigenvalue weighted by Gasteiger charge is -2.19. The van der Waals surface area contributed by atoms with Crippen LogP contribution in [-0.2, 0) is 27.3 Å². The third kappa shape index (κ3) is 5.89. The van der Waals surface area contributed by atoms with Crippen LogP contribution in [0.4, 0.5) is 5.82 Å². The molecule has 31 heavy (non-hydrogen) atoms. The Morgan fingerprint density at radius 1 is 1.13 bits per heavy atom. The number of fused-ring (bicyclic) bond motifs is 1. The number of nitrogens with zero attached hydrogens (tertiary/aromatic N) is 4. The van der Waals surface area contributed by atoms with Crippen molar-refractivity contribution in [1.29, 1.82) is 0 Å². The number of anilines is 1. The highest BCUT2D eigenvalue weighted by Gasteiger charge is 2.46. The highest BCUT2D eigenvalue weighted by Crippen LogP contribution is 2.77. The predicted octanol–water partition coefficient (Wildman–Crippen LogP) is -0.912. The minimum absolute atomic E-state index is 0.0524. The lowest BCUT2D eigenvalue weighted by molar-refractivity contribution is -0.0501. The van der Waals surface area contributed by atoms with Gasteiger partial charge in [0.05, 0.1) is 23.9 Å². The van der Waals surface area contributed by atoms with Gasteiger partial charge in [0.2, 0.25) is 0 Å². The summed E-state index contributed by atoms with van der Waals surface area (Å²) in [5, 5.41) is 20.4. The van der Waals surface area contributed by atoms with Crippen molar-refractivity contribution in [2.75, 3.05) is 12.3 Å². The number of aliphatic hydroxyl groups is 2. The molecule has 1 aliphatic rings. The first-order valence-electron chi connectivity index (χ1n) is 7.92. The zero-order chi connectivity index (χ0) is 23.2. The number of aliphatic hydroxyl groups excluding tert-OH is 2. The summed E-state index contributed by atoms with van der Waals surface area (Å²) in [6.07, 6.45) is -3.57. The molecule has 1 fully saturated rings. The molecule has 0 spiro atoms. The van der Waals surface area contributed by atoms with Gasteiger partial charge < -0.3 is 40.3 Å². The second-order valence-electron chi connectivity index (χ2n) is 6.02. The van der Waals surface area contributed by atoms with E-state index in [-0.39, 0.29) is 17.0 Å². The van der Waals surface area contributed by atoms with Crippen molar-refractivity contribution < 1.29 is 57.1 Å². The monoisotopic (exact) mass is 523 g/mol. The zero-order valence-corrected chi connectivity index (χ0v) is 18.4. The van der Waals surface area contributed by atoms with Crippen molar-refractivity contribution in [3.05, 3.63) is 12.7 Å². The normalized spacial score (nSPS) is 28.5. The van der Waals surface area contributed by atoms with E-state index in [0.717, 1.165) is 6.33 Å². The molecule has 1 aliphatic heterocycles.